The maximum absolute atomic E-state index is 12.0. The third kappa shape index (κ3) is 4.20. The zero-order valence-corrected chi connectivity index (χ0v) is 14.8. The molecule has 2 saturated heterocycles. The minimum Gasteiger partial charge on any atom is -0.311 e. The summed E-state index contributed by atoms with van der Waals surface area (Å²) in [5.74, 6) is 1.95. The Labute approximate surface area is 130 Å². The van der Waals surface area contributed by atoms with Crippen LogP contribution in [0, 0.1) is 11.8 Å². The predicted molar refractivity (Wildman–Crippen MR) is 88.3 cm³/mol. The molecule has 2 rings (SSSR count). The maximum atomic E-state index is 12.0. The molecule has 0 aromatic carbocycles. The molecule has 0 bridgehead atoms. The molecule has 2 aliphatic rings. The summed E-state index contributed by atoms with van der Waals surface area (Å²) in [6.45, 7) is 11.0. The Balaban J connectivity index is 2.13. The van der Waals surface area contributed by atoms with E-state index in [9.17, 15) is 8.42 Å². The van der Waals surface area contributed by atoms with Gasteiger partial charge >= 0.3 is 0 Å². The Morgan fingerprint density at radius 1 is 1.29 bits per heavy atom. The summed E-state index contributed by atoms with van der Waals surface area (Å²) in [6.07, 6.45) is 3.03. The van der Waals surface area contributed by atoms with Crippen molar-refractivity contribution in [1.82, 2.24) is 10.2 Å². The number of sulfone groups is 1. The second-order valence-corrected chi connectivity index (χ2v) is 9.55. The molecule has 124 valence electrons. The first-order chi connectivity index (χ1) is 9.84. The number of nitrogens with one attached hydrogen (secondary N) is 1. The molecule has 0 aromatic heterocycles. The van der Waals surface area contributed by atoms with Crippen LogP contribution in [0.5, 0.6) is 0 Å². The van der Waals surface area contributed by atoms with Gasteiger partial charge in [-0.25, -0.2) is 8.42 Å². The number of hydrogen-bond acceptors (Lipinski definition) is 4. The van der Waals surface area contributed by atoms with Crippen LogP contribution in [0.2, 0.25) is 0 Å². The highest BCUT2D eigenvalue weighted by Crippen LogP contribution is 2.26. The van der Waals surface area contributed by atoms with E-state index in [4.69, 9.17) is 0 Å². The number of nitrogens with zero attached hydrogens (tertiary/aromatic N) is 1. The smallest absolute Gasteiger partial charge is 0.151 e. The van der Waals surface area contributed by atoms with Crippen molar-refractivity contribution >= 4 is 9.84 Å². The summed E-state index contributed by atoms with van der Waals surface area (Å²) >= 11 is 0. The van der Waals surface area contributed by atoms with E-state index in [-0.39, 0.29) is 6.04 Å². The number of piperazine rings is 1. The van der Waals surface area contributed by atoms with Gasteiger partial charge < -0.3 is 5.32 Å². The van der Waals surface area contributed by atoms with E-state index in [1.165, 1.54) is 6.42 Å². The van der Waals surface area contributed by atoms with Gasteiger partial charge in [0.25, 0.3) is 0 Å². The average molecular weight is 317 g/mol. The lowest BCUT2D eigenvalue weighted by molar-refractivity contribution is 0.0459. The topological polar surface area (TPSA) is 49.4 Å². The van der Waals surface area contributed by atoms with Crippen molar-refractivity contribution in [3.05, 3.63) is 0 Å². The van der Waals surface area contributed by atoms with E-state index in [0.717, 1.165) is 25.9 Å². The summed E-state index contributed by atoms with van der Waals surface area (Å²) in [5, 5.41) is 3.70. The minimum atomic E-state index is -2.84. The summed E-state index contributed by atoms with van der Waals surface area (Å²) in [6, 6.07) is 1.18. The second-order valence-electron chi connectivity index (χ2n) is 7.32. The van der Waals surface area contributed by atoms with Gasteiger partial charge in [-0.15, -0.1) is 0 Å². The Hall–Kier alpha value is -0.130. The van der Waals surface area contributed by atoms with E-state index in [1.807, 2.05) is 0 Å². The molecule has 5 heteroatoms. The molecule has 4 atom stereocenters. The highest BCUT2D eigenvalue weighted by Gasteiger charge is 2.38. The lowest BCUT2D eigenvalue weighted by Crippen LogP contribution is -2.63. The van der Waals surface area contributed by atoms with Gasteiger partial charge in [-0.2, -0.15) is 0 Å². The molecule has 21 heavy (non-hydrogen) atoms. The Morgan fingerprint density at radius 3 is 2.57 bits per heavy atom. The zero-order valence-electron chi connectivity index (χ0n) is 14.0. The fourth-order valence-electron chi connectivity index (χ4n) is 3.78. The molecular weight excluding hydrogens is 284 g/mol. The SMILES string of the molecule is CCC(C)C1CN(C2CCCS(=O)(=O)C2)C(C(C)C)CN1. The first kappa shape index (κ1) is 17.2. The third-order valence-electron chi connectivity index (χ3n) is 5.43. The van der Waals surface area contributed by atoms with Crippen LogP contribution >= 0.6 is 0 Å². The van der Waals surface area contributed by atoms with E-state index < -0.39 is 9.84 Å². The second kappa shape index (κ2) is 6.97. The third-order valence-corrected chi connectivity index (χ3v) is 7.23. The lowest BCUT2D eigenvalue weighted by Gasteiger charge is -2.48. The summed E-state index contributed by atoms with van der Waals surface area (Å²) in [7, 11) is -2.84. The highest BCUT2D eigenvalue weighted by atomic mass is 32.2. The van der Waals surface area contributed by atoms with Gasteiger partial charge in [0.2, 0.25) is 0 Å². The Bertz CT molecular complexity index is 436. The average Bonchev–Trinajstić information content (AvgIpc) is 2.44. The van der Waals surface area contributed by atoms with Gasteiger partial charge in [0.15, 0.2) is 9.84 Å². The van der Waals surface area contributed by atoms with Crippen molar-refractivity contribution in [2.45, 2.75) is 65.1 Å². The van der Waals surface area contributed by atoms with Crippen molar-refractivity contribution in [3.8, 4) is 0 Å². The van der Waals surface area contributed by atoms with Gasteiger partial charge in [-0.1, -0.05) is 34.1 Å². The first-order valence-electron chi connectivity index (χ1n) is 8.53. The molecular formula is C16H32N2O2S. The van der Waals surface area contributed by atoms with Crippen LogP contribution in [-0.4, -0.2) is 56.0 Å². The normalized spacial score (nSPS) is 35.8. The van der Waals surface area contributed by atoms with Crippen LogP contribution in [0.1, 0.15) is 47.0 Å². The van der Waals surface area contributed by atoms with Crippen LogP contribution in [0.3, 0.4) is 0 Å². The molecule has 4 nitrogen and oxygen atoms in total. The van der Waals surface area contributed by atoms with E-state index in [2.05, 4.69) is 37.9 Å². The summed E-state index contributed by atoms with van der Waals surface area (Å²) in [4.78, 5) is 2.52. The molecule has 0 saturated carbocycles. The van der Waals surface area contributed by atoms with Crippen molar-refractivity contribution in [3.63, 3.8) is 0 Å². The molecule has 1 N–H and O–H groups in total. The number of hydrogen-bond donors (Lipinski definition) is 1. The molecule has 2 aliphatic heterocycles. The maximum Gasteiger partial charge on any atom is 0.151 e. The first-order valence-corrected chi connectivity index (χ1v) is 10.4. The summed E-state index contributed by atoms with van der Waals surface area (Å²) in [5.41, 5.74) is 0. The van der Waals surface area contributed by atoms with Gasteiger partial charge in [0.1, 0.15) is 0 Å². The molecule has 0 amide bonds. The van der Waals surface area contributed by atoms with E-state index in [0.29, 0.717) is 35.4 Å². The van der Waals surface area contributed by atoms with Gasteiger partial charge in [-0.05, 0) is 24.7 Å². The molecule has 0 radical (unpaired) electrons. The van der Waals surface area contributed by atoms with Gasteiger partial charge in [0, 0.05) is 31.2 Å². The van der Waals surface area contributed by atoms with E-state index in [1.54, 1.807) is 0 Å². The van der Waals surface area contributed by atoms with Crippen LogP contribution in [0.4, 0.5) is 0 Å². The molecule has 0 aliphatic carbocycles. The van der Waals surface area contributed by atoms with Crippen molar-refractivity contribution in [2.24, 2.45) is 11.8 Å². The molecule has 2 fully saturated rings. The van der Waals surface area contributed by atoms with Crippen LogP contribution in [0.25, 0.3) is 0 Å². The standard InChI is InChI=1S/C16H32N2O2S/c1-5-13(4)15-10-18(16(9-17-15)12(2)3)14-7-6-8-21(19,20)11-14/h12-17H,5-11H2,1-4H3. The largest absolute Gasteiger partial charge is 0.311 e. The van der Waals surface area contributed by atoms with Crippen molar-refractivity contribution in [1.29, 1.82) is 0 Å². The number of rotatable bonds is 4. The quantitative estimate of drug-likeness (QED) is 0.861. The Kier molecular flexibility index (Phi) is 5.71. The lowest BCUT2D eigenvalue weighted by atomic mass is 9.90. The van der Waals surface area contributed by atoms with Crippen LogP contribution in [0.15, 0.2) is 0 Å². The van der Waals surface area contributed by atoms with Gasteiger partial charge in [-0.3, -0.25) is 4.90 Å². The highest BCUT2D eigenvalue weighted by molar-refractivity contribution is 7.91. The molecule has 4 unspecified atom stereocenters. The zero-order chi connectivity index (χ0) is 15.6. The molecule has 2 heterocycles. The summed E-state index contributed by atoms with van der Waals surface area (Å²) < 4.78 is 24.0. The molecule has 0 aromatic rings. The van der Waals surface area contributed by atoms with Crippen LogP contribution in [-0.2, 0) is 9.84 Å². The predicted octanol–water partition coefficient (Wildman–Crippen LogP) is 1.91. The monoisotopic (exact) mass is 316 g/mol. The fraction of sp³-hybridized carbons (Fsp3) is 1.00. The molecule has 0 spiro atoms. The van der Waals surface area contributed by atoms with Gasteiger partial charge in [0.05, 0.1) is 11.5 Å². The van der Waals surface area contributed by atoms with Crippen molar-refractivity contribution < 1.29 is 8.42 Å². The van der Waals surface area contributed by atoms with E-state index >= 15 is 0 Å². The van der Waals surface area contributed by atoms with Crippen molar-refractivity contribution in [2.75, 3.05) is 24.6 Å². The Morgan fingerprint density at radius 2 is 2.00 bits per heavy atom. The van der Waals surface area contributed by atoms with Crippen LogP contribution < -0.4 is 5.32 Å². The minimum absolute atomic E-state index is 0.227. The fourth-order valence-corrected chi connectivity index (χ4v) is 5.50.